The van der Waals surface area contributed by atoms with Crippen molar-refractivity contribution >= 4 is 27.6 Å². The van der Waals surface area contributed by atoms with Gasteiger partial charge in [-0.3, -0.25) is 0 Å². The number of nitrogens with zero attached hydrogens (tertiary/aromatic N) is 3. The molecular formula is C21H16F3N5. The lowest BCUT2D eigenvalue weighted by molar-refractivity contribution is -0.138. The van der Waals surface area contributed by atoms with E-state index in [0.29, 0.717) is 5.56 Å². The molecule has 3 aromatic carbocycles. The van der Waals surface area contributed by atoms with Gasteiger partial charge in [0.2, 0.25) is 0 Å². The highest BCUT2D eigenvalue weighted by Crippen LogP contribution is 2.35. The average Bonchev–Trinajstić information content (AvgIpc) is 3.01. The van der Waals surface area contributed by atoms with Crippen LogP contribution in [0.15, 0.2) is 77.1 Å². The highest BCUT2D eigenvalue weighted by molar-refractivity contribution is 6.11. The first-order valence-corrected chi connectivity index (χ1v) is 8.76. The van der Waals surface area contributed by atoms with Crippen molar-refractivity contribution in [2.45, 2.75) is 12.7 Å². The average molecular weight is 395 g/mol. The van der Waals surface area contributed by atoms with E-state index in [-0.39, 0.29) is 17.9 Å². The minimum absolute atomic E-state index is 0.0741. The lowest BCUT2D eigenvalue weighted by atomic mass is 10.1. The molecule has 5 nitrogen and oxygen atoms in total. The molecule has 3 N–H and O–H groups in total. The fourth-order valence-corrected chi connectivity index (χ4v) is 3.60. The molecule has 0 saturated carbocycles. The third-order valence-electron chi connectivity index (χ3n) is 4.88. The van der Waals surface area contributed by atoms with Gasteiger partial charge in [0.05, 0.1) is 5.56 Å². The summed E-state index contributed by atoms with van der Waals surface area (Å²) in [6.45, 7) is 0.0741. The molecule has 29 heavy (non-hydrogen) atoms. The molecule has 0 aliphatic carbocycles. The van der Waals surface area contributed by atoms with Gasteiger partial charge in [-0.2, -0.15) is 18.7 Å². The predicted molar refractivity (Wildman–Crippen MR) is 106 cm³/mol. The highest BCUT2D eigenvalue weighted by atomic mass is 19.4. The fraction of sp³-hybridized carbons (Fsp3) is 0.0952. The molecule has 0 radical (unpaired) electrons. The minimum Gasteiger partial charge on any atom is -0.382 e. The van der Waals surface area contributed by atoms with Crippen LogP contribution in [0, 0.1) is 5.53 Å². The third kappa shape index (κ3) is 3.33. The second-order valence-electron chi connectivity index (χ2n) is 6.58. The molecule has 1 heterocycles. The van der Waals surface area contributed by atoms with Crippen molar-refractivity contribution in [3.05, 3.63) is 83.4 Å². The van der Waals surface area contributed by atoms with E-state index in [1.165, 1.54) is 12.1 Å². The van der Waals surface area contributed by atoms with Crippen molar-refractivity contribution in [2.24, 2.45) is 16.1 Å². The molecule has 0 bridgehead atoms. The van der Waals surface area contributed by atoms with E-state index < -0.39 is 11.7 Å². The van der Waals surface area contributed by atoms with E-state index in [2.05, 4.69) is 10.3 Å². The number of nitrogens with one attached hydrogen (secondary N) is 1. The zero-order chi connectivity index (χ0) is 20.6. The van der Waals surface area contributed by atoms with Gasteiger partial charge in [0, 0.05) is 33.9 Å². The number of benzene rings is 3. The van der Waals surface area contributed by atoms with Crippen molar-refractivity contribution in [2.75, 3.05) is 0 Å². The Kier molecular flexibility index (Phi) is 4.54. The summed E-state index contributed by atoms with van der Waals surface area (Å²) < 4.78 is 42.2. The smallest absolute Gasteiger partial charge is 0.382 e. The van der Waals surface area contributed by atoms with E-state index in [1.54, 1.807) is 18.2 Å². The summed E-state index contributed by atoms with van der Waals surface area (Å²) in [5, 5.41) is 8.23. The Bertz CT molecular complexity index is 1250. The molecular weight excluding hydrogens is 379 g/mol. The third-order valence-corrected chi connectivity index (χ3v) is 4.88. The summed E-state index contributed by atoms with van der Waals surface area (Å²) in [7, 11) is 0. The van der Waals surface area contributed by atoms with Crippen LogP contribution in [0.1, 0.15) is 16.7 Å². The van der Waals surface area contributed by atoms with Crippen molar-refractivity contribution in [1.82, 2.24) is 4.57 Å². The Morgan fingerprint density at radius 2 is 1.62 bits per heavy atom. The van der Waals surface area contributed by atoms with Gasteiger partial charge in [-0.05, 0) is 35.9 Å². The summed E-state index contributed by atoms with van der Waals surface area (Å²) in [5.41, 5.74) is 14.4. The number of amidine groups is 1. The first-order valence-electron chi connectivity index (χ1n) is 8.76. The lowest BCUT2D eigenvalue weighted by Gasteiger charge is -2.14. The van der Waals surface area contributed by atoms with Crippen LogP contribution in [0.4, 0.5) is 13.2 Å². The Balaban J connectivity index is 1.94. The minimum atomic E-state index is -4.42. The summed E-state index contributed by atoms with van der Waals surface area (Å²) >= 11 is 0. The Hall–Kier alpha value is -3.68. The summed E-state index contributed by atoms with van der Waals surface area (Å²) in [4.78, 5) is 0. The summed E-state index contributed by atoms with van der Waals surface area (Å²) in [5.74, 6) is 0.0983. The standard InChI is InChI=1S/C21H16F3N5/c22-21(23,24)17-7-3-1-5-14(17)12-29-18-8-4-2-6-15(18)16-11-13(9-10-19(16)29)20(25)27-28-26/h1-11H,12H2,(H3,25,26,27). The molecule has 0 atom stereocenters. The Morgan fingerprint density at radius 3 is 2.38 bits per heavy atom. The van der Waals surface area contributed by atoms with Gasteiger partial charge in [-0.15, -0.1) is 5.10 Å². The molecule has 0 aliphatic heterocycles. The fourth-order valence-electron chi connectivity index (χ4n) is 3.60. The van der Waals surface area contributed by atoms with Crippen LogP contribution >= 0.6 is 0 Å². The van der Waals surface area contributed by atoms with Gasteiger partial charge < -0.3 is 10.3 Å². The van der Waals surface area contributed by atoms with Crippen LogP contribution in [-0.2, 0) is 12.7 Å². The van der Waals surface area contributed by atoms with Crippen molar-refractivity contribution in [1.29, 1.82) is 5.53 Å². The van der Waals surface area contributed by atoms with Crippen LogP contribution in [0.2, 0.25) is 0 Å². The molecule has 8 heteroatoms. The first-order chi connectivity index (χ1) is 13.9. The topological polar surface area (TPSA) is 79.5 Å². The molecule has 4 aromatic rings. The molecule has 0 fully saturated rings. The van der Waals surface area contributed by atoms with E-state index in [0.717, 1.165) is 27.9 Å². The second kappa shape index (κ2) is 7.05. The molecule has 4 rings (SSSR count). The van der Waals surface area contributed by atoms with E-state index in [1.807, 2.05) is 34.9 Å². The van der Waals surface area contributed by atoms with Crippen LogP contribution in [0.25, 0.3) is 21.8 Å². The molecule has 0 saturated heterocycles. The van der Waals surface area contributed by atoms with Gasteiger partial charge in [-0.1, -0.05) is 41.6 Å². The monoisotopic (exact) mass is 395 g/mol. The molecule has 0 amide bonds. The largest absolute Gasteiger partial charge is 0.416 e. The van der Waals surface area contributed by atoms with Crippen molar-refractivity contribution in [3.63, 3.8) is 0 Å². The quantitative estimate of drug-likeness (QED) is 0.203. The van der Waals surface area contributed by atoms with Crippen LogP contribution in [0.5, 0.6) is 0 Å². The second-order valence-corrected chi connectivity index (χ2v) is 6.58. The van der Waals surface area contributed by atoms with E-state index in [9.17, 15) is 13.2 Å². The molecule has 146 valence electrons. The maximum atomic E-state index is 13.5. The number of fused-ring (bicyclic) bond motifs is 3. The highest BCUT2D eigenvalue weighted by Gasteiger charge is 2.33. The number of hydrogen-bond acceptors (Lipinski definition) is 2. The van der Waals surface area contributed by atoms with E-state index in [4.69, 9.17) is 11.3 Å². The maximum Gasteiger partial charge on any atom is 0.416 e. The number of aromatic nitrogens is 1. The summed E-state index contributed by atoms with van der Waals surface area (Å²) in [6, 6.07) is 18.4. The lowest BCUT2D eigenvalue weighted by Crippen LogP contribution is -2.12. The number of hydrogen-bond donors (Lipinski definition) is 2. The van der Waals surface area contributed by atoms with Gasteiger partial charge >= 0.3 is 6.18 Å². The molecule has 1 aromatic heterocycles. The number of nitrogens with two attached hydrogens (primary N) is 1. The normalized spacial score (nSPS) is 12.6. The Labute approximate surface area is 163 Å². The van der Waals surface area contributed by atoms with Crippen molar-refractivity contribution < 1.29 is 13.2 Å². The maximum absolute atomic E-state index is 13.5. The van der Waals surface area contributed by atoms with Crippen LogP contribution in [-0.4, -0.2) is 10.4 Å². The summed E-state index contributed by atoms with van der Waals surface area (Å²) in [6.07, 6.45) is -4.42. The molecule has 0 unspecified atom stereocenters. The van der Waals surface area contributed by atoms with Gasteiger partial charge in [-0.25, -0.2) is 0 Å². The molecule has 0 aliphatic rings. The van der Waals surface area contributed by atoms with Crippen LogP contribution < -0.4 is 5.73 Å². The zero-order valence-corrected chi connectivity index (χ0v) is 15.1. The van der Waals surface area contributed by atoms with Gasteiger partial charge in [0.25, 0.3) is 0 Å². The van der Waals surface area contributed by atoms with Crippen LogP contribution in [0.3, 0.4) is 0 Å². The predicted octanol–water partition coefficient (Wildman–Crippen LogP) is 5.51. The first kappa shape index (κ1) is 18.7. The number of halogens is 3. The Morgan fingerprint density at radius 1 is 0.931 bits per heavy atom. The SMILES string of the molecule is N=N/N=C(\N)c1ccc2c(c1)c1ccccc1n2Cc1ccccc1C(F)(F)F. The van der Waals surface area contributed by atoms with Gasteiger partial charge in [0.15, 0.2) is 5.84 Å². The van der Waals surface area contributed by atoms with Crippen molar-refractivity contribution in [3.8, 4) is 0 Å². The molecule has 0 spiro atoms. The van der Waals surface area contributed by atoms with E-state index >= 15 is 0 Å². The van der Waals surface area contributed by atoms with Gasteiger partial charge in [0.1, 0.15) is 0 Å². The number of para-hydroxylation sites is 1. The number of alkyl halides is 3. The number of rotatable bonds is 4. The zero-order valence-electron chi connectivity index (χ0n) is 15.1.